The van der Waals surface area contributed by atoms with Gasteiger partial charge in [0.1, 0.15) is 0 Å². The van der Waals surface area contributed by atoms with E-state index >= 15 is 0 Å². The SMILES string of the molecule is Cc1c(CSC(C)C)cccc1NC(=O)NC(C)C(C)CO. The number of carbonyl (C=O) groups excluding carboxylic acids is 1. The van der Waals surface area contributed by atoms with Crippen molar-refractivity contribution in [3.63, 3.8) is 0 Å². The number of benzene rings is 1. The first kappa shape index (κ1) is 18.8. The fourth-order valence-corrected chi connectivity index (χ4v) is 2.72. The molecule has 0 heterocycles. The van der Waals surface area contributed by atoms with Crippen LogP contribution in [0.15, 0.2) is 18.2 Å². The van der Waals surface area contributed by atoms with E-state index in [1.165, 1.54) is 5.56 Å². The molecule has 0 radical (unpaired) electrons. The average Bonchev–Trinajstić information content (AvgIpc) is 2.46. The Hall–Kier alpha value is -1.20. The Morgan fingerprint density at radius 1 is 1.27 bits per heavy atom. The molecule has 0 saturated heterocycles. The van der Waals surface area contributed by atoms with Gasteiger partial charge < -0.3 is 15.7 Å². The fraction of sp³-hybridized carbons (Fsp3) is 0.588. The molecule has 0 spiro atoms. The lowest BCUT2D eigenvalue weighted by atomic mass is 10.1. The van der Waals surface area contributed by atoms with Gasteiger partial charge in [-0.05, 0) is 42.2 Å². The smallest absolute Gasteiger partial charge is 0.319 e. The second-order valence-electron chi connectivity index (χ2n) is 6.00. The van der Waals surface area contributed by atoms with Gasteiger partial charge >= 0.3 is 6.03 Å². The molecule has 1 rings (SSSR count). The van der Waals surface area contributed by atoms with Crippen LogP contribution in [-0.4, -0.2) is 29.0 Å². The van der Waals surface area contributed by atoms with Crippen LogP contribution in [0.25, 0.3) is 0 Å². The summed E-state index contributed by atoms with van der Waals surface area (Å²) >= 11 is 1.89. The summed E-state index contributed by atoms with van der Waals surface area (Å²) in [6.45, 7) is 10.2. The maximum Gasteiger partial charge on any atom is 0.319 e. The second-order valence-corrected chi connectivity index (χ2v) is 7.56. The van der Waals surface area contributed by atoms with Gasteiger partial charge in [-0.25, -0.2) is 4.79 Å². The lowest BCUT2D eigenvalue weighted by molar-refractivity contribution is 0.204. The molecule has 2 atom stereocenters. The number of aliphatic hydroxyl groups is 1. The van der Waals surface area contributed by atoms with Gasteiger partial charge in [0, 0.05) is 24.1 Å². The predicted octanol–water partition coefficient (Wildman–Crippen LogP) is 3.78. The summed E-state index contributed by atoms with van der Waals surface area (Å²) in [5.41, 5.74) is 3.19. The zero-order valence-electron chi connectivity index (χ0n) is 14.1. The van der Waals surface area contributed by atoms with Crippen LogP contribution in [0.3, 0.4) is 0 Å². The van der Waals surface area contributed by atoms with Crippen molar-refractivity contribution in [3.05, 3.63) is 29.3 Å². The summed E-state index contributed by atoms with van der Waals surface area (Å²) in [4.78, 5) is 12.1. The van der Waals surface area contributed by atoms with Crippen LogP contribution in [0.4, 0.5) is 10.5 Å². The molecule has 5 heteroatoms. The molecular weight excluding hydrogens is 296 g/mol. The zero-order valence-corrected chi connectivity index (χ0v) is 15.0. The molecule has 3 N–H and O–H groups in total. The van der Waals surface area contributed by atoms with E-state index in [-0.39, 0.29) is 24.6 Å². The molecule has 0 saturated carbocycles. The average molecular weight is 324 g/mol. The standard InChI is InChI=1S/C17H28N2O2S/c1-11(2)22-10-15-7-6-8-16(13(15)4)19-17(21)18-14(5)12(3)9-20/h6-8,11-12,14,20H,9-10H2,1-5H3,(H2,18,19,21). The highest BCUT2D eigenvalue weighted by atomic mass is 32.2. The van der Waals surface area contributed by atoms with E-state index in [4.69, 9.17) is 5.11 Å². The minimum absolute atomic E-state index is 0.0284. The van der Waals surface area contributed by atoms with E-state index in [1.807, 2.05) is 44.7 Å². The van der Waals surface area contributed by atoms with E-state index in [9.17, 15) is 4.79 Å². The highest BCUT2D eigenvalue weighted by molar-refractivity contribution is 7.99. The largest absolute Gasteiger partial charge is 0.396 e. The molecule has 1 aromatic rings. The Bertz CT molecular complexity index is 492. The number of rotatable bonds is 7. The molecule has 2 amide bonds. The molecule has 0 aliphatic rings. The van der Waals surface area contributed by atoms with Crippen LogP contribution >= 0.6 is 11.8 Å². The summed E-state index contributed by atoms with van der Waals surface area (Å²) in [6, 6.07) is 5.68. The van der Waals surface area contributed by atoms with Crippen LogP contribution in [0.1, 0.15) is 38.8 Å². The summed E-state index contributed by atoms with van der Waals surface area (Å²) in [5.74, 6) is 0.971. The lowest BCUT2D eigenvalue weighted by Gasteiger charge is -2.20. The molecular formula is C17H28N2O2S. The van der Waals surface area contributed by atoms with Gasteiger partial charge in [0.2, 0.25) is 0 Å². The fourth-order valence-electron chi connectivity index (χ4n) is 1.90. The Labute approximate surface area is 138 Å². The van der Waals surface area contributed by atoms with Crippen LogP contribution in [0, 0.1) is 12.8 Å². The number of urea groups is 1. The summed E-state index contributed by atoms with van der Waals surface area (Å²) in [5, 5.41) is 15.5. The predicted molar refractivity (Wildman–Crippen MR) is 95.5 cm³/mol. The maximum absolute atomic E-state index is 12.1. The maximum atomic E-state index is 12.1. The minimum Gasteiger partial charge on any atom is -0.396 e. The number of anilines is 1. The Morgan fingerprint density at radius 2 is 1.95 bits per heavy atom. The number of carbonyl (C=O) groups is 1. The molecule has 0 aliphatic heterocycles. The molecule has 124 valence electrons. The molecule has 22 heavy (non-hydrogen) atoms. The number of nitrogens with one attached hydrogen (secondary N) is 2. The number of hydrogen-bond donors (Lipinski definition) is 3. The highest BCUT2D eigenvalue weighted by Gasteiger charge is 2.14. The third-order valence-corrected chi connectivity index (χ3v) is 4.91. The summed E-state index contributed by atoms with van der Waals surface area (Å²) in [7, 11) is 0. The van der Waals surface area contributed by atoms with Crippen molar-refractivity contribution in [2.75, 3.05) is 11.9 Å². The quantitative estimate of drug-likeness (QED) is 0.715. The van der Waals surface area contributed by atoms with Crippen molar-refractivity contribution in [2.45, 2.75) is 51.7 Å². The lowest BCUT2D eigenvalue weighted by Crippen LogP contribution is -2.40. The number of amides is 2. The Morgan fingerprint density at radius 3 is 2.55 bits per heavy atom. The van der Waals surface area contributed by atoms with Gasteiger partial charge in [-0.2, -0.15) is 11.8 Å². The van der Waals surface area contributed by atoms with E-state index in [0.717, 1.165) is 17.0 Å². The van der Waals surface area contributed by atoms with Crippen molar-refractivity contribution >= 4 is 23.5 Å². The third kappa shape index (κ3) is 5.89. The Kier molecular flexibility index (Phi) is 7.76. The molecule has 0 aliphatic carbocycles. The van der Waals surface area contributed by atoms with Crippen LogP contribution in [0.2, 0.25) is 0 Å². The van der Waals surface area contributed by atoms with Gasteiger partial charge in [0.15, 0.2) is 0 Å². The zero-order chi connectivity index (χ0) is 16.7. The monoisotopic (exact) mass is 324 g/mol. The first-order valence-electron chi connectivity index (χ1n) is 7.73. The van der Waals surface area contributed by atoms with Crippen molar-refractivity contribution in [1.29, 1.82) is 0 Å². The molecule has 2 unspecified atom stereocenters. The van der Waals surface area contributed by atoms with Gasteiger partial charge in [-0.15, -0.1) is 0 Å². The number of thioether (sulfide) groups is 1. The van der Waals surface area contributed by atoms with Gasteiger partial charge in [-0.3, -0.25) is 0 Å². The van der Waals surface area contributed by atoms with Crippen molar-refractivity contribution < 1.29 is 9.90 Å². The molecule has 0 aromatic heterocycles. The van der Waals surface area contributed by atoms with E-state index in [1.54, 1.807) is 0 Å². The number of hydrogen-bond acceptors (Lipinski definition) is 3. The van der Waals surface area contributed by atoms with Crippen molar-refractivity contribution in [3.8, 4) is 0 Å². The van der Waals surface area contributed by atoms with Crippen LogP contribution in [-0.2, 0) is 5.75 Å². The first-order chi connectivity index (χ1) is 10.3. The van der Waals surface area contributed by atoms with Gasteiger partial charge in [0.05, 0.1) is 0 Å². The minimum atomic E-state index is -0.232. The second kappa shape index (κ2) is 9.06. The van der Waals surface area contributed by atoms with Gasteiger partial charge in [0.25, 0.3) is 0 Å². The van der Waals surface area contributed by atoms with Crippen LogP contribution < -0.4 is 10.6 Å². The molecule has 0 fully saturated rings. The Balaban J connectivity index is 2.69. The molecule has 4 nitrogen and oxygen atoms in total. The summed E-state index contributed by atoms with van der Waals surface area (Å²) < 4.78 is 0. The number of aliphatic hydroxyl groups excluding tert-OH is 1. The molecule has 0 bridgehead atoms. The highest BCUT2D eigenvalue weighted by Crippen LogP contribution is 2.24. The van der Waals surface area contributed by atoms with E-state index in [0.29, 0.717) is 5.25 Å². The van der Waals surface area contributed by atoms with Gasteiger partial charge in [-0.1, -0.05) is 32.9 Å². The van der Waals surface area contributed by atoms with Crippen molar-refractivity contribution in [1.82, 2.24) is 5.32 Å². The van der Waals surface area contributed by atoms with E-state index < -0.39 is 0 Å². The molecule has 1 aromatic carbocycles. The topological polar surface area (TPSA) is 61.4 Å². The third-order valence-electron chi connectivity index (χ3n) is 3.77. The normalized spacial score (nSPS) is 13.8. The first-order valence-corrected chi connectivity index (χ1v) is 8.78. The van der Waals surface area contributed by atoms with Crippen molar-refractivity contribution in [2.24, 2.45) is 5.92 Å². The van der Waals surface area contributed by atoms with E-state index in [2.05, 4.69) is 30.5 Å². The summed E-state index contributed by atoms with van der Waals surface area (Å²) in [6.07, 6.45) is 0. The van der Waals surface area contributed by atoms with Crippen LogP contribution in [0.5, 0.6) is 0 Å².